The lowest BCUT2D eigenvalue weighted by molar-refractivity contribution is -0.136. The van der Waals surface area contributed by atoms with E-state index in [0.29, 0.717) is 17.9 Å². The zero-order valence-electron chi connectivity index (χ0n) is 17.1. The number of fused-ring (bicyclic) bond motifs is 1. The van der Waals surface area contributed by atoms with Crippen LogP contribution in [0.2, 0.25) is 0 Å². The third-order valence-corrected chi connectivity index (χ3v) is 5.98. The maximum absolute atomic E-state index is 12.5. The lowest BCUT2D eigenvalue weighted by Gasteiger charge is -2.18. The summed E-state index contributed by atoms with van der Waals surface area (Å²) in [6.07, 6.45) is 3.58. The van der Waals surface area contributed by atoms with Crippen molar-refractivity contribution in [2.24, 2.45) is 11.0 Å². The molecule has 0 aliphatic heterocycles. The van der Waals surface area contributed by atoms with E-state index in [9.17, 15) is 24.6 Å². The van der Waals surface area contributed by atoms with Crippen LogP contribution in [0.1, 0.15) is 46.6 Å². The molecule has 2 aromatic rings. The standard InChI is InChI=1S/C21H23N3O6S/c1-3-30-21(29)17-14-7-4-11(2)8-16(14)31-20(17)23-18(27)19(28)24-22-10-12-5-6-13(25)9-15(12)26/h5-6,9-11,25-26H,3-4,7-8H2,1-2H3,(H,23,27)(H,24,28)/b22-10-/t11-/m0/s1. The highest BCUT2D eigenvalue weighted by molar-refractivity contribution is 7.17. The molecule has 0 unspecified atom stereocenters. The Kier molecular flexibility index (Phi) is 6.91. The number of ether oxygens (including phenoxy) is 1. The summed E-state index contributed by atoms with van der Waals surface area (Å²) < 4.78 is 5.15. The molecule has 0 saturated heterocycles. The normalized spacial score (nSPS) is 15.4. The number of carbonyl (C=O) groups is 3. The number of hydrogen-bond acceptors (Lipinski definition) is 8. The first-order chi connectivity index (χ1) is 14.8. The van der Waals surface area contributed by atoms with Crippen molar-refractivity contribution in [2.45, 2.75) is 33.1 Å². The minimum absolute atomic E-state index is 0.122. The number of hydrogen-bond donors (Lipinski definition) is 4. The first-order valence-corrected chi connectivity index (χ1v) is 10.6. The molecule has 9 nitrogen and oxygen atoms in total. The highest BCUT2D eigenvalue weighted by Gasteiger charge is 2.30. The van der Waals surface area contributed by atoms with E-state index >= 15 is 0 Å². The number of aromatic hydroxyl groups is 2. The molecule has 1 aliphatic rings. The largest absolute Gasteiger partial charge is 0.508 e. The van der Waals surface area contributed by atoms with Gasteiger partial charge in [-0.1, -0.05) is 6.92 Å². The SMILES string of the molecule is CCOC(=O)c1c(NC(=O)C(=O)N/N=C\c2ccc(O)cc2O)sc2c1CC[C@H](C)C2. The summed E-state index contributed by atoms with van der Waals surface area (Å²) in [6, 6.07) is 3.85. The van der Waals surface area contributed by atoms with E-state index in [2.05, 4.69) is 22.8 Å². The Hall–Kier alpha value is -3.40. The van der Waals surface area contributed by atoms with Gasteiger partial charge < -0.3 is 20.3 Å². The number of rotatable bonds is 5. The maximum atomic E-state index is 12.5. The number of phenols is 2. The van der Waals surface area contributed by atoms with Crippen LogP contribution in [0.5, 0.6) is 11.5 Å². The number of esters is 1. The van der Waals surface area contributed by atoms with Crippen LogP contribution in [0.25, 0.3) is 0 Å². The van der Waals surface area contributed by atoms with Gasteiger partial charge in [-0.2, -0.15) is 5.10 Å². The fraction of sp³-hybridized carbons (Fsp3) is 0.333. The van der Waals surface area contributed by atoms with Gasteiger partial charge in [0.15, 0.2) is 0 Å². The molecule has 3 rings (SSSR count). The smallest absolute Gasteiger partial charge is 0.341 e. The van der Waals surface area contributed by atoms with Crippen LogP contribution in [0.3, 0.4) is 0 Å². The zero-order chi connectivity index (χ0) is 22.5. The Labute approximate surface area is 182 Å². The predicted octanol–water partition coefficient (Wildman–Crippen LogP) is 2.55. The van der Waals surface area contributed by atoms with Gasteiger partial charge in [-0.05, 0) is 49.8 Å². The van der Waals surface area contributed by atoms with Crippen molar-refractivity contribution in [1.29, 1.82) is 0 Å². The second kappa shape index (κ2) is 9.61. The van der Waals surface area contributed by atoms with Crippen LogP contribution in [-0.4, -0.2) is 40.8 Å². The van der Waals surface area contributed by atoms with Crippen molar-refractivity contribution >= 4 is 40.3 Å². The molecule has 31 heavy (non-hydrogen) atoms. The first-order valence-electron chi connectivity index (χ1n) is 9.78. The molecule has 1 aromatic heterocycles. The maximum Gasteiger partial charge on any atom is 0.341 e. The van der Waals surface area contributed by atoms with Gasteiger partial charge in [0, 0.05) is 16.5 Å². The van der Waals surface area contributed by atoms with Gasteiger partial charge in [-0.15, -0.1) is 11.3 Å². The molecule has 1 heterocycles. The van der Waals surface area contributed by atoms with Gasteiger partial charge in [0.2, 0.25) is 0 Å². The molecule has 0 radical (unpaired) electrons. The second-order valence-corrected chi connectivity index (χ2v) is 8.28. The average molecular weight is 445 g/mol. The Morgan fingerprint density at radius 1 is 1.29 bits per heavy atom. The number of amides is 2. The molecular weight excluding hydrogens is 422 g/mol. The number of carbonyl (C=O) groups excluding carboxylic acids is 3. The quantitative estimate of drug-likeness (QED) is 0.242. The molecule has 2 amide bonds. The summed E-state index contributed by atoms with van der Waals surface area (Å²) in [5, 5.41) is 25.4. The number of thiophene rings is 1. The van der Waals surface area contributed by atoms with Crippen molar-refractivity contribution in [3.05, 3.63) is 39.8 Å². The number of nitrogens with one attached hydrogen (secondary N) is 2. The topological polar surface area (TPSA) is 137 Å². The fourth-order valence-electron chi connectivity index (χ4n) is 3.27. The molecule has 0 fully saturated rings. The lowest BCUT2D eigenvalue weighted by Crippen LogP contribution is -2.32. The summed E-state index contributed by atoms with van der Waals surface area (Å²) in [6.45, 7) is 4.03. The third kappa shape index (κ3) is 5.21. The number of hydrazone groups is 1. The summed E-state index contributed by atoms with van der Waals surface area (Å²) in [4.78, 5) is 38.0. The van der Waals surface area contributed by atoms with Crippen LogP contribution in [-0.2, 0) is 27.2 Å². The molecule has 0 bridgehead atoms. The molecule has 10 heteroatoms. The van der Waals surface area contributed by atoms with Gasteiger partial charge in [0.1, 0.15) is 16.5 Å². The number of benzene rings is 1. The van der Waals surface area contributed by atoms with Crippen LogP contribution in [0, 0.1) is 5.92 Å². The molecule has 0 spiro atoms. The first kappa shape index (κ1) is 22.3. The molecule has 0 saturated carbocycles. The van der Waals surface area contributed by atoms with Crippen LogP contribution in [0.4, 0.5) is 5.00 Å². The number of phenolic OH excluding ortho intramolecular Hbond substituents is 2. The van der Waals surface area contributed by atoms with Crippen molar-refractivity contribution in [1.82, 2.24) is 5.43 Å². The highest BCUT2D eigenvalue weighted by atomic mass is 32.1. The van der Waals surface area contributed by atoms with Gasteiger partial charge in [-0.25, -0.2) is 10.2 Å². The van der Waals surface area contributed by atoms with E-state index in [1.54, 1.807) is 6.92 Å². The van der Waals surface area contributed by atoms with E-state index in [-0.39, 0.29) is 28.7 Å². The highest BCUT2D eigenvalue weighted by Crippen LogP contribution is 2.40. The van der Waals surface area contributed by atoms with Crippen LogP contribution < -0.4 is 10.7 Å². The van der Waals surface area contributed by atoms with Gasteiger partial charge in [0.25, 0.3) is 0 Å². The summed E-state index contributed by atoms with van der Waals surface area (Å²) in [5.41, 5.74) is 3.49. The van der Waals surface area contributed by atoms with Crippen molar-refractivity contribution < 1.29 is 29.3 Å². The Balaban J connectivity index is 1.72. The summed E-state index contributed by atoms with van der Waals surface area (Å²) in [7, 11) is 0. The van der Waals surface area contributed by atoms with Crippen molar-refractivity contribution in [3.63, 3.8) is 0 Å². The van der Waals surface area contributed by atoms with E-state index in [1.807, 2.05) is 0 Å². The monoisotopic (exact) mass is 445 g/mol. The van der Waals surface area contributed by atoms with E-state index < -0.39 is 17.8 Å². The molecule has 1 aromatic carbocycles. The third-order valence-electron chi connectivity index (χ3n) is 4.81. The van der Waals surface area contributed by atoms with Crippen molar-refractivity contribution in [2.75, 3.05) is 11.9 Å². The van der Waals surface area contributed by atoms with Crippen LogP contribution in [0.15, 0.2) is 23.3 Å². The Morgan fingerprint density at radius 2 is 2.06 bits per heavy atom. The Bertz CT molecular complexity index is 1050. The summed E-state index contributed by atoms with van der Waals surface area (Å²) in [5.74, 6) is -2.43. The van der Waals surface area contributed by atoms with Crippen molar-refractivity contribution in [3.8, 4) is 11.5 Å². The Morgan fingerprint density at radius 3 is 2.77 bits per heavy atom. The molecule has 1 atom stereocenters. The summed E-state index contributed by atoms with van der Waals surface area (Å²) >= 11 is 1.28. The minimum Gasteiger partial charge on any atom is -0.508 e. The fourth-order valence-corrected chi connectivity index (χ4v) is 4.66. The van der Waals surface area contributed by atoms with Crippen LogP contribution >= 0.6 is 11.3 Å². The zero-order valence-corrected chi connectivity index (χ0v) is 17.9. The number of nitrogens with zero attached hydrogens (tertiary/aromatic N) is 1. The molecule has 164 valence electrons. The average Bonchev–Trinajstić information content (AvgIpc) is 3.06. The van der Waals surface area contributed by atoms with E-state index in [0.717, 1.165) is 35.6 Å². The lowest BCUT2D eigenvalue weighted by atomic mass is 9.88. The van der Waals surface area contributed by atoms with Gasteiger partial charge in [-0.3, -0.25) is 9.59 Å². The predicted molar refractivity (Wildman–Crippen MR) is 116 cm³/mol. The van der Waals surface area contributed by atoms with Gasteiger partial charge >= 0.3 is 17.8 Å². The second-order valence-electron chi connectivity index (χ2n) is 7.17. The van der Waals surface area contributed by atoms with E-state index in [4.69, 9.17) is 4.74 Å². The number of anilines is 1. The molecule has 4 N–H and O–H groups in total. The molecular formula is C21H23N3O6S. The molecule has 1 aliphatic carbocycles. The minimum atomic E-state index is -1.04. The van der Waals surface area contributed by atoms with Gasteiger partial charge in [0.05, 0.1) is 18.4 Å². The van der Waals surface area contributed by atoms with E-state index in [1.165, 1.54) is 23.5 Å².